The van der Waals surface area contributed by atoms with Gasteiger partial charge in [-0.15, -0.1) is 0 Å². The molecule has 4 aliphatic rings. The lowest BCUT2D eigenvalue weighted by molar-refractivity contribution is 0.477. The Kier molecular flexibility index (Phi) is 10.9. The van der Waals surface area contributed by atoms with E-state index in [0.29, 0.717) is 6.54 Å². The molecule has 5 heteroatoms. The van der Waals surface area contributed by atoms with Crippen molar-refractivity contribution in [3.05, 3.63) is 228 Å². The van der Waals surface area contributed by atoms with Gasteiger partial charge in [-0.2, -0.15) is 0 Å². The summed E-state index contributed by atoms with van der Waals surface area (Å²) in [5.74, 6) is 2.07. The number of rotatable bonds is 9. The van der Waals surface area contributed by atoms with Crippen LogP contribution in [0.3, 0.4) is 0 Å². The third kappa shape index (κ3) is 6.98. The van der Waals surface area contributed by atoms with Gasteiger partial charge in [-0.05, 0) is 102 Å². The summed E-state index contributed by atoms with van der Waals surface area (Å²) in [6.07, 6.45) is 17.4. The molecule has 0 aromatic heterocycles. The Morgan fingerprint density at radius 3 is 2.30 bits per heavy atom. The lowest BCUT2D eigenvalue weighted by atomic mass is 9.75. The van der Waals surface area contributed by atoms with Gasteiger partial charge in [-0.3, -0.25) is 9.98 Å². The third-order valence-corrected chi connectivity index (χ3v) is 11.7. The summed E-state index contributed by atoms with van der Waals surface area (Å²) in [5.41, 5.74) is 16.3. The molecule has 61 heavy (non-hydrogen) atoms. The number of allylic oxidation sites excluding steroid dienone is 11. The second-order valence-corrected chi connectivity index (χ2v) is 15.0. The van der Waals surface area contributed by atoms with E-state index in [4.69, 9.17) is 9.73 Å². The van der Waals surface area contributed by atoms with E-state index in [9.17, 15) is 0 Å². The number of hydrogen-bond donors (Lipinski definition) is 0. The first-order valence-electron chi connectivity index (χ1n) is 21.1. The SMILES string of the molecule is C=C/C(=C\C)C(=NCc1ccc(N2C3=CC=C4C=CC=CC4C3c3cccc(-c4ccc5c(c4)N(c4ccccc4)c4ccccc4O5)c32)cc1)c1ccccc1N=C.CC. The zero-order valence-corrected chi connectivity index (χ0v) is 34.9. The van der Waals surface area contributed by atoms with E-state index in [-0.39, 0.29) is 11.8 Å². The van der Waals surface area contributed by atoms with Gasteiger partial charge in [0.05, 0.1) is 35.0 Å². The minimum atomic E-state index is 0.170. The van der Waals surface area contributed by atoms with E-state index in [1.165, 1.54) is 28.1 Å². The first-order valence-corrected chi connectivity index (χ1v) is 21.1. The molecule has 2 aliphatic carbocycles. The number of ether oxygens (including phenoxy) is 1. The van der Waals surface area contributed by atoms with Gasteiger partial charge in [0.2, 0.25) is 0 Å². The van der Waals surface area contributed by atoms with Crippen molar-refractivity contribution in [3.63, 3.8) is 0 Å². The van der Waals surface area contributed by atoms with E-state index >= 15 is 0 Å². The predicted octanol–water partition coefficient (Wildman–Crippen LogP) is 15.2. The molecule has 0 fully saturated rings. The first-order chi connectivity index (χ1) is 30.1. The molecule has 6 aromatic rings. The molecule has 2 aliphatic heterocycles. The molecule has 2 heterocycles. The summed E-state index contributed by atoms with van der Waals surface area (Å²) >= 11 is 0. The third-order valence-electron chi connectivity index (χ3n) is 11.7. The highest BCUT2D eigenvalue weighted by atomic mass is 16.5. The van der Waals surface area contributed by atoms with Crippen LogP contribution in [0.25, 0.3) is 11.1 Å². The summed E-state index contributed by atoms with van der Waals surface area (Å²) in [7, 11) is 0. The Balaban J connectivity index is 0.00000235. The number of aliphatic imine (C=N–C) groups is 2. The molecule has 6 aromatic carbocycles. The molecular weight excluding hydrogens is 745 g/mol. The molecule has 0 saturated heterocycles. The largest absolute Gasteiger partial charge is 0.453 e. The van der Waals surface area contributed by atoms with Crippen LogP contribution in [0, 0.1) is 5.92 Å². The zero-order chi connectivity index (χ0) is 41.9. The van der Waals surface area contributed by atoms with Crippen molar-refractivity contribution in [2.45, 2.75) is 33.2 Å². The van der Waals surface area contributed by atoms with E-state index in [1.54, 1.807) is 0 Å². The number of benzene rings is 6. The average Bonchev–Trinajstić information content (AvgIpc) is 3.68. The summed E-state index contributed by atoms with van der Waals surface area (Å²) < 4.78 is 6.54. The fourth-order valence-corrected chi connectivity index (χ4v) is 8.97. The Labute approximate surface area is 359 Å². The first kappa shape index (κ1) is 39.0. The van der Waals surface area contributed by atoms with Gasteiger partial charge in [-0.25, -0.2) is 0 Å². The Bertz CT molecular complexity index is 2840. The molecule has 2 atom stereocenters. The second-order valence-electron chi connectivity index (χ2n) is 15.0. The van der Waals surface area contributed by atoms with Crippen LogP contribution < -0.4 is 14.5 Å². The Morgan fingerprint density at radius 2 is 1.49 bits per heavy atom. The molecule has 0 saturated carbocycles. The maximum atomic E-state index is 6.54. The van der Waals surface area contributed by atoms with Gasteiger partial charge in [0.15, 0.2) is 11.5 Å². The second kappa shape index (κ2) is 17.0. The molecule has 0 amide bonds. The van der Waals surface area contributed by atoms with Gasteiger partial charge >= 0.3 is 0 Å². The van der Waals surface area contributed by atoms with Crippen molar-refractivity contribution in [2.75, 3.05) is 9.80 Å². The van der Waals surface area contributed by atoms with Gasteiger partial charge in [-0.1, -0.05) is 148 Å². The van der Waals surface area contributed by atoms with Crippen LogP contribution >= 0.6 is 0 Å². The maximum Gasteiger partial charge on any atom is 0.151 e. The van der Waals surface area contributed by atoms with E-state index in [1.807, 2.05) is 69.3 Å². The molecule has 0 radical (unpaired) electrons. The van der Waals surface area contributed by atoms with Gasteiger partial charge in [0, 0.05) is 40.0 Å². The number of para-hydroxylation sites is 5. The summed E-state index contributed by atoms with van der Waals surface area (Å²) in [6, 6.07) is 49.1. The van der Waals surface area contributed by atoms with E-state index < -0.39 is 0 Å². The van der Waals surface area contributed by atoms with Crippen LogP contribution in [-0.4, -0.2) is 12.4 Å². The molecule has 298 valence electrons. The minimum Gasteiger partial charge on any atom is -0.453 e. The molecular formula is C56H48N4O. The molecule has 0 N–H and O–H groups in total. The van der Waals surface area contributed by atoms with Crippen LogP contribution in [0.1, 0.15) is 43.4 Å². The standard InChI is InChI=1S/C54H42N4O.C2H6/c1-4-37(5-2)53(44-20-11-12-23-46(44)55-3)56-35-36-26-30-41(31-27-36)58-48-32-28-38-16-9-10-19-42(38)52(48)45-22-15-21-43(54(45)58)39-29-33-51-49(34-39)57(40-17-7-6-8-18-40)47-24-13-14-25-50(47)59-51;1-2/h4-34,42,52H,1,3,35H2,2H3;1-2H3/b37-5+,56-53?;. The zero-order valence-electron chi connectivity index (χ0n) is 34.9. The van der Waals surface area contributed by atoms with Crippen LogP contribution in [0.2, 0.25) is 0 Å². The molecule has 5 nitrogen and oxygen atoms in total. The lowest BCUT2D eigenvalue weighted by Crippen LogP contribution is -2.21. The highest BCUT2D eigenvalue weighted by Gasteiger charge is 2.42. The van der Waals surface area contributed by atoms with Gasteiger partial charge in [0.25, 0.3) is 0 Å². The number of nitrogens with zero attached hydrogens (tertiary/aromatic N) is 4. The van der Waals surface area contributed by atoms with Gasteiger partial charge in [0.1, 0.15) is 0 Å². The highest BCUT2D eigenvalue weighted by Crippen LogP contribution is 2.58. The topological polar surface area (TPSA) is 40.4 Å². The highest BCUT2D eigenvalue weighted by molar-refractivity contribution is 6.17. The Morgan fingerprint density at radius 1 is 0.738 bits per heavy atom. The minimum absolute atomic E-state index is 0.170. The molecule has 2 unspecified atom stereocenters. The van der Waals surface area contributed by atoms with Crippen molar-refractivity contribution in [1.82, 2.24) is 0 Å². The van der Waals surface area contributed by atoms with E-state index in [2.05, 4.69) is 168 Å². The van der Waals surface area contributed by atoms with E-state index in [0.717, 1.165) is 67.9 Å². The van der Waals surface area contributed by atoms with Crippen LogP contribution in [0.5, 0.6) is 11.5 Å². The number of anilines is 5. The summed E-state index contributed by atoms with van der Waals surface area (Å²) in [4.78, 5) is 14.2. The van der Waals surface area contributed by atoms with Crippen molar-refractivity contribution < 1.29 is 4.74 Å². The normalized spacial score (nSPS) is 17.0. The van der Waals surface area contributed by atoms with Crippen LogP contribution in [0.15, 0.2) is 222 Å². The van der Waals surface area contributed by atoms with Crippen LogP contribution in [-0.2, 0) is 6.54 Å². The van der Waals surface area contributed by atoms with Crippen LogP contribution in [0.4, 0.5) is 34.1 Å². The summed E-state index contributed by atoms with van der Waals surface area (Å²) in [5, 5.41) is 0. The number of fused-ring (bicyclic) bond motifs is 7. The fourth-order valence-electron chi connectivity index (χ4n) is 8.97. The monoisotopic (exact) mass is 792 g/mol. The quantitative estimate of drug-likeness (QED) is 0.108. The summed E-state index contributed by atoms with van der Waals surface area (Å²) in [6.45, 7) is 14.4. The predicted molar refractivity (Wildman–Crippen MR) is 257 cm³/mol. The average molecular weight is 793 g/mol. The van der Waals surface area contributed by atoms with Crippen molar-refractivity contribution in [1.29, 1.82) is 0 Å². The van der Waals surface area contributed by atoms with Crippen molar-refractivity contribution >= 4 is 46.6 Å². The lowest BCUT2D eigenvalue weighted by Gasteiger charge is -2.33. The van der Waals surface area contributed by atoms with Gasteiger partial charge < -0.3 is 14.5 Å². The molecule has 10 rings (SSSR count). The maximum absolute atomic E-state index is 6.54. The smallest absolute Gasteiger partial charge is 0.151 e. The van der Waals surface area contributed by atoms with Crippen molar-refractivity contribution in [3.8, 4) is 22.6 Å². The number of hydrogen-bond acceptors (Lipinski definition) is 5. The fraction of sp³-hybridized carbons (Fsp3) is 0.107. The Hall–Kier alpha value is -7.50. The molecule has 0 bridgehead atoms. The van der Waals surface area contributed by atoms with Crippen molar-refractivity contribution in [2.24, 2.45) is 15.9 Å². The molecule has 0 spiro atoms.